The smallest absolute Gasteiger partial charge is 0.218 e. The normalized spacial score (nSPS) is 16.7. The Hall–Kier alpha value is -1.82. The van der Waals surface area contributed by atoms with Crippen molar-refractivity contribution >= 4 is 5.96 Å². The fourth-order valence-corrected chi connectivity index (χ4v) is 1.79. The lowest BCUT2D eigenvalue weighted by molar-refractivity contribution is 0.0674. The third kappa shape index (κ3) is 3.10. The first-order chi connectivity index (χ1) is 8.81. The summed E-state index contributed by atoms with van der Waals surface area (Å²) in [5.41, 5.74) is 6.87. The number of aromatic nitrogens is 1. The number of pyridine rings is 1. The molecule has 1 aromatic rings. The Bertz CT molecular complexity index is 416. The van der Waals surface area contributed by atoms with Gasteiger partial charge in [-0.25, -0.2) is 9.98 Å². The van der Waals surface area contributed by atoms with Gasteiger partial charge >= 0.3 is 0 Å². The molecule has 1 aliphatic rings. The number of nitrogens with zero attached hydrogens (tertiary/aromatic N) is 3. The van der Waals surface area contributed by atoms with E-state index in [1.54, 1.807) is 13.3 Å². The summed E-state index contributed by atoms with van der Waals surface area (Å²) in [6, 6.07) is 3.79. The van der Waals surface area contributed by atoms with Gasteiger partial charge in [0.1, 0.15) is 0 Å². The van der Waals surface area contributed by atoms with E-state index in [9.17, 15) is 0 Å². The van der Waals surface area contributed by atoms with Gasteiger partial charge < -0.3 is 20.1 Å². The Kier molecular flexibility index (Phi) is 4.35. The second-order valence-electron chi connectivity index (χ2n) is 3.95. The van der Waals surface area contributed by atoms with E-state index in [1.807, 2.05) is 17.0 Å². The maximum Gasteiger partial charge on any atom is 0.218 e. The van der Waals surface area contributed by atoms with Crippen LogP contribution in [0, 0.1) is 0 Å². The molecule has 98 valence electrons. The summed E-state index contributed by atoms with van der Waals surface area (Å²) in [5.74, 6) is 1.14. The van der Waals surface area contributed by atoms with Crippen molar-refractivity contribution in [3.05, 3.63) is 23.9 Å². The average Bonchev–Trinajstić information content (AvgIpc) is 2.46. The Morgan fingerprint density at radius 3 is 3.06 bits per heavy atom. The van der Waals surface area contributed by atoms with Gasteiger partial charge in [0.15, 0.2) is 5.96 Å². The van der Waals surface area contributed by atoms with Gasteiger partial charge in [-0.2, -0.15) is 0 Å². The number of rotatable bonds is 3. The van der Waals surface area contributed by atoms with E-state index in [-0.39, 0.29) is 0 Å². The molecule has 0 amide bonds. The molecule has 0 radical (unpaired) electrons. The first-order valence-electron chi connectivity index (χ1n) is 5.91. The van der Waals surface area contributed by atoms with Gasteiger partial charge in [0.2, 0.25) is 5.88 Å². The lowest BCUT2D eigenvalue weighted by Gasteiger charge is -2.27. The summed E-state index contributed by atoms with van der Waals surface area (Å²) in [6.45, 7) is 3.46. The zero-order valence-corrected chi connectivity index (χ0v) is 10.5. The van der Waals surface area contributed by atoms with Gasteiger partial charge in [0.05, 0.1) is 26.9 Å². The minimum Gasteiger partial charge on any atom is -0.481 e. The van der Waals surface area contributed by atoms with Crippen molar-refractivity contribution in [2.75, 3.05) is 33.4 Å². The number of nitrogens with two attached hydrogens (primary N) is 1. The van der Waals surface area contributed by atoms with Crippen molar-refractivity contribution < 1.29 is 9.47 Å². The standard InChI is InChI=1S/C12H18N4O2/c1-17-11-10(3-2-4-14-11)9-15-12(13)16-5-7-18-8-6-16/h2-4H,5-9H2,1H3,(H2,13,15). The number of ether oxygens (including phenoxy) is 2. The molecule has 0 atom stereocenters. The summed E-state index contributed by atoms with van der Waals surface area (Å²) in [5, 5.41) is 0. The highest BCUT2D eigenvalue weighted by molar-refractivity contribution is 5.78. The SMILES string of the molecule is COc1ncccc1CN=C(N)N1CCOCC1. The molecule has 2 rings (SSSR count). The molecule has 2 heterocycles. The van der Waals surface area contributed by atoms with Crippen LogP contribution < -0.4 is 10.5 Å². The van der Waals surface area contributed by atoms with Crippen LogP contribution in [0.15, 0.2) is 23.3 Å². The van der Waals surface area contributed by atoms with Crippen molar-refractivity contribution in [2.45, 2.75) is 6.54 Å². The second-order valence-corrected chi connectivity index (χ2v) is 3.95. The molecular formula is C12H18N4O2. The highest BCUT2D eigenvalue weighted by Gasteiger charge is 2.12. The summed E-state index contributed by atoms with van der Waals surface area (Å²) < 4.78 is 10.4. The van der Waals surface area contributed by atoms with Crippen LogP contribution in [0.2, 0.25) is 0 Å². The van der Waals surface area contributed by atoms with Gasteiger partial charge in [-0.3, -0.25) is 0 Å². The van der Waals surface area contributed by atoms with Crippen molar-refractivity contribution in [1.29, 1.82) is 0 Å². The fraction of sp³-hybridized carbons (Fsp3) is 0.500. The second kappa shape index (κ2) is 6.20. The van der Waals surface area contributed by atoms with Crippen molar-refractivity contribution in [1.82, 2.24) is 9.88 Å². The number of hydrogen-bond donors (Lipinski definition) is 1. The maximum absolute atomic E-state index is 5.95. The molecule has 0 unspecified atom stereocenters. The number of morpholine rings is 1. The predicted octanol–water partition coefficient (Wildman–Crippen LogP) is 0.237. The number of aliphatic imine (C=N–C) groups is 1. The van der Waals surface area contributed by atoms with E-state index in [2.05, 4.69) is 9.98 Å². The summed E-state index contributed by atoms with van der Waals surface area (Å²) in [7, 11) is 1.60. The molecule has 6 heteroatoms. The lowest BCUT2D eigenvalue weighted by atomic mass is 10.3. The molecular weight excluding hydrogens is 232 g/mol. The van der Waals surface area contributed by atoms with Gasteiger partial charge in [0.25, 0.3) is 0 Å². The molecule has 0 aliphatic carbocycles. The minimum atomic E-state index is 0.472. The fourth-order valence-electron chi connectivity index (χ4n) is 1.79. The third-order valence-corrected chi connectivity index (χ3v) is 2.79. The first-order valence-corrected chi connectivity index (χ1v) is 5.91. The van der Waals surface area contributed by atoms with Crippen LogP contribution in [0.4, 0.5) is 0 Å². The Morgan fingerprint density at radius 2 is 2.33 bits per heavy atom. The average molecular weight is 250 g/mol. The van der Waals surface area contributed by atoms with E-state index in [0.717, 1.165) is 18.7 Å². The minimum absolute atomic E-state index is 0.472. The van der Waals surface area contributed by atoms with Gasteiger partial charge in [0, 0.05) is 24.8 Å². The Labute approximate surface area is 106 Å². The van der Waals surface area contributed by atoms with Crippen LogP contribution in [0.3, 0.4) is 0 Å². The molecule has 6 nitrogen and oxygen atoms in total. The summed E-state index contributed by atoms with van der Waals surface area (Å²) >= 11 is 0. The van der Waals surface area contributed by atoms with Crippen molar-refractivity contribution in [2.24, 2.45) is 10.7 Å². The van der Waals surface area contributed by atoms with E-state index >= 15 is 0 Å². The summed E-state index contributed by atoms with van der Waals surface area (Å²) in [4.78, 5) is 10.5. The molecule has 0 aromatic carbocycles. The largest absolute Gasteiger partial charge is 0.481 e. The lowest BCUT2D eigenvalue weighted by Crippen LogP contribution is -2.44. The molecule has 2 N–H and O–H groups in total. The van der Waals surface area contributed by atoms with Crippen LogP contribution in [0.25, 0.3) is 0 Å². The van der Waals surface area contributed by atoms with Gasteiger partial charge in [-0.15, -0.1) is 0 Å². The molecule has 1 aliphatic heterocycles. The van der Waals surface area contributed by atoms with Crippen LogP contribution in [0.5, 0.6) is 5.88 Å². The number of hydrogen-bond acceptors (Lipinski definition) is 4. The zero-order chi connectivity index (χ0) is 12.8. The molecule has 1 saturated heterocycles. The van der Waals surface area contributed by atoms with Crippen LogP contribution >= 0.6 is 0 Å². The quantitative estimate of drug-likeness (QED) is 0.614. The Morgan fingerprint density at radius 1 is 1.56 bits per heavy atom. The molecule has 0 bridgehead atoms. The van der Waals surface area contributed by atoms with E-state index in [4.69, 9.17) is 15.2 Å². The molecule has 18 heavy (non-hydrogen) atoms. The summed E-state index contributed by atoms with van der Waals surface area (Å²) in [6.07, 6.45) is 1.69. The highest BCUT2D eigenvalue weighted by atomic mass is 16.5. The van der Waals surface area contributed by atoms with Crippen LogP contribution in [0.1, 0.15) is 5.56 Å². The molecule has 0 spiro atoms. The predicted molar refractivity (Wildman–Crippen MR) is 68.5 cm³/mol. The topological polar surface area (TPSA) is 73.0 Å². The van der Waals surface area contributed by atoms with Crippen LogP contribution in [-0.4, -0.2) is 49.3 Å². The van der Waals surface area contributed by atoms with E-state index in [0.29, 0.717) is 31.6 Å². The molecule has 0 saturated carbocycles. The molecule has 1 fully saturated rings. The van der Waals surface area contributed by atoms with Crippen LogP contribution in [-0.2, 0) is 11.3 Å². The monoisotopic (exact) mass is 250 g/mol. The van der Waals surface area contributed by atoms with Gasteiger partial charge in [-0.05, 0) is 6.07 Å². The maximum atomic E-state index is 5.95. The number of guanidine groups is 1. The Balaban J connectivity index is 2.00. The van der Waals surface area contributed by atoms with Crippen molar-refractivity contribution in [3.8, 4) is 5.88 Å². The highest BCUT2D eigenvalue weighted by Crippen LogP contribution is 2.14. The number of methoxy groups -OCH3 is 1. The van der Waals surface area contributed by atoms with E-state index < -0.39 is 0 Å². The molecule has 1 aromatic heterocycles. The first kappa shape index (κ1) is 12.6. The van der Waals surface area contributed by atoms with Gasteiger partial charge in [-0.1, -0.05) is 6.07 Å². The van der Waals surface area contributed by atoms with Crippen molar-refractivity contribution in [3.63, 3.8) is 0 Å². The third-order valence-electron chi connectivity index (χ3n) is 2.79. The zero-order valence-electron chi connectivity index (χ0n) is 10.5. The van der Waals surface area contributed by atoms with E-state index in [1.165, 1.54) is 0 Å².